The fourth-order valence-corrected chi connectivity index (χ4v) is 2.32. The van der Waals surface area contributed by atoms with Crippen molar-refractivity contribution in [1.82, 2.24) is 5.43 Å². The van der Waals surface area contributed by atoms with Crippen molar-refractivity contribution < 1.29 is 14.3 Å². The van der Waals surface area contributed by atoms with Gasteiger partial charge in [0.25, 0.3) is 5.91 Å². The summed E-state index contributed by atoms with van der Waals surface area (Å²) in [6.07, 6.45) is 1.58. The first-order chi connectivity index (χ1) is 12.0. The van der Waals surface area contributed by atoms with E-state index in [1.165, 1.54) is 0 Å². The number of rotatable bonds is 7. The molecule has 0 spiro atoms. The Morgan fingerprint density at radius 2 is 1.84 bits per heavy atom. The molecule has 0 aromatic heterocycles. The van der Waals surface area contributed by atoms with E-state index in [4.69, 9.17) is 9.47 Å². The number of aryl methyl sites for hydroxylation is 2. The average molecular weight is 340 g/mol. The first kappa shape index (κ1) is 18.5. The second kappa shape index (κ2) is 8.87. The molecule has 0 aliphatic heterocycles. The lowest BCUT2D eigenvalue weighted by molar-refractivity contribution is -0.123. The van der Waals surface area contributed by atoms with Crippen LogP contribution in [-0.2, 0) is 4.79 Å². The Balaban J connectivity index is 1.84. The summed E-state index contributed by atoms with van der Waals surface area (Å²) in [7, 11) is 0. The molecule has 0 unspecified atom stereocenters. The largest absolute Gasteiger partial charge is 0.494 e. The highest BCUT2D eigenvalue weighted by Gasteiger charge is 2.06. The first-order valence-corrected chi connectivity index (χ1v) is 8.25. The van der Waals surface area contributed by atoms with Crippen molar-refractivity contribution in [3.8, 4) is 11.5 Å². The van der Waals surface area contributed by atoms with Crippen LogP contribution in [0.25, 0.3) is 0 Å². The lowest BCUT2D eigenvalue weighted by atomic mass is 10.1. The summed E-state index contributed by atoms with van der Waals surface area (Å²) in [5.74, 6) is 1.23. The van der Waals surface area contributed by atoms with Crippen LogP contribution in [-0.4, -0.2) is 25.3 Å². The number of hydrogen-bond acceptors (Lipinski definition) is 4. The minimum absolute atomic E-state index is 0.0790. The van der Waals surface area contributed by atoms with Crippen LogP contribution in [0.3, 0.4) is 0 Å². The van der Waals surface area contributed by atoms with Crippen LogP contribution in [0, 0.1) is 20.8 Å². The van der Waals surface area contributed by atoms with E-state index in [0.29, 0.717) is 6.61 Å². The molecule has 0 saturated carbocycles. The van der Waals surface area contributed by atoms with E-state index in [2.05, 4.69) is 16.6 Å². The molecule has 5 nitrogen and oxygen atoms in total. The van der Waals surface area contributed by atoms with Crippen molar-refractivity contribution in [2.75, 3.05) is 13.2 Å². The molecule has 0 radical (unpaired) electrons. The SMILES string of the molecule is CCOc1ccc(/C=N/NC(=O)COc2cc(C)cc(C)c2C)cc1. The van der Waals surface area contributed by atoms with Gasteiger partial charge in [0, 0.05) is 0 Å². The lowest BCUT2D eigenvalue weighted by Crippen LogP contribution is -2.24. The maximum atomic E-state index is 11.9. The maximum absolute atomic E-state index is 11.9. The molecule has 2 rings (SSSR count). The zero-order valence-corrected chi connectivity index (χ0v) is 15.1. The molecule has 1 amide bonds. The van der Waals surface area contributed by atoms with Gasteiger partial charge in [-0.25, -0.2) is 5.43 Å². The van der Waals surface area contributed by atoms with Gasteiger partial charge in [-0.05, 0) is 80.3 Å². The van der Waals surface area contributed by atoms with Crippen LogP contribution in [0.4, 0.5) is 0 Å². The number of benzene rings is 2. The minimum atomic E-state index is -0.305. The van der Waals surface area contributed by atoms with Gasteiger partial charge in [-0.15, -0.1) is 0 Å². The Bertz CT molecular complexity index is 752. The van der Waals surface area contributed by atoms with Gasteiger partial charge in [-0.1, -0.05) is 6.07 Å². The van der Waals surface area contributed by atoms with Crippen LogP contribution < -0.4 is 14.9 Å². The maximum Gasteiger partial charge on any atom is 0.277 e. The summed E-state index contributed by atoms with van der Waals surface area (Å²) in [4.78, 5) is 11.9. The molecule has 5 heteroatoms. The van der Waals surface area contributed by atoms with Crippen molar-refractivity contribution in [3.05, 3.63) is 58.7 Å². The van der Waals surface area contributed by atoms with E-state index >= 15 is 0 Å². The molecule has 0 fully saturated rings. The Kier molecular flexibility index (Phi) is 6.57. The number of hydrazone groups is 1. The molecule has 0 aliphatic rings. The molecule has 132 valence electrons. The Morgan fingerprint density at radius 1 is 1.12 bits per heavy atom. The quantitative estimate of drug-likeness (QED) is 0.619. The van der Waals surface area contributed by atoms with Gasteiger partial charge in [0.2, 0.25) is 0 Å². The van der Waals surface area contributed by atoms with E-state index in [0.717, 1.165) is 33.8 Å². The molecule has 0 bridgehead atoms. The summed E-state index contributed by atoms with van der Waals surface area (Å²) in [5.41, 5.74) is 6.62. The molecule has 0 saturated heterocycles. The van der Waals surface area contributed by atoms with Crippen LogP contribution in [0.1, 0.15) is 29.2 Å². The molecule has 0 heterocycles. The van der Waals surface area contributed by atoms with Crippen molar-refractivity contribution in [2.24, 2.45) is 5.10 Å². The van der Waals surface area contributed by atoms with E-state index in [1.807, 2.05) is 58.0 Å². The molecule has 1 N–H and O–H groups in total. The summed E-state index contributed by atoms with van der Waals surface area (Å²) >= 11 is 0. The Labute approximate surface area is 148 Å². The third-order valence-electron chi connectivity index (χ3n) is 3.72. The monoisotopic (exact) mass is 340 g/mol. The van der Waals surface area contributed by atoms with E-state index in [-0.39, 0.29) is 12.5 Å². The number of hydrogen-bond donors (Lipinski definition) is 1. The summed E-state index contributed by atoms with van der Waals surface area (Å²) in [6.45, 7) is 8.49. The van der Waals surface area contributed by atoms with Gasteiger partial charge in [-0.2, -0.15) is 5.10 Å². The van der Waals surface area contributed by atoms with E-state index < -0.39 is 0 Å². The fourth-order valence-electron chi connectivity index (χ4n) is 2.32. The predicted octanol–water partition coefficient (Wildman–Crippen LogP) is 3.54. The van der Waals surface area contributed by atoms with Crippen molar-refractivity contribution >= 4 is 12.1 Å². The van der Waals surface area contributed by atoms with Gasteiger partial charge >= 0.3 is 0 Å². The standard InChI is InChI=1S/C20H24N2O3/c1-5-24-18-8-6-17(7-9-18)12-21-22-20(23)13-25-19-11-14(2)10-15(3)16(19)4/h6-12H,5,13H2,1-4H3,(H,22,23)/b21-12+. The number of amides is 1. The van der Waals surface area contributed by atoms with Gasteiger partial charge in [-0.3, -0.25) is 4.79 Å². The van der Waals surface area contributed by atoms with Crippen LogP contribution in [0.15, 0.2) is 41.5 Å². The molecule has 0 aliphatic carbocycles. The highest BCUT2D eigenvalue weighted by atomic mass is 16.5. The van der Waals surface area contributed by atoms with Gasteiger partial charge in [0.05, 0.1) is 12.8 Å². The summed E-state index contributed by atoms with van der Waals surface area (Å²) in [5, 5.41) is 3.94. The van der Waals surface area contributed by atoms with Crippen LogP contribution >= 0.6 is 0 Å². The van der Waals surface area contributed by atoms with Crippen LogP contribution in [0.2, 0.25) is 0 Å². The van der Waals surface area contributed by atoms with Gasteiger partial charge in [0.1, 0.15) is 11.5 Å². The second-order valence-corrected chi connectivity index (χ2v) is 5.79. The zero-order valence-electron chi connectivity index (χ0n) is 15.1. The predicted molar refractivity (Wildman–Crippen MR) is 99.5 cm³/mol. The normalized spacial score (nSPS) is 10.7. The van der Waals surface area contributed by atoms with Gasteiger partial charge < -0.3 is 9.47 Å². The third kappa shape index (κ3) is 5.64. The molecule has 2 aromatic carbocycles. The van der Waals surface area contributed by atoms with E-state index in [9.17, 15) is 4.79 Å². The average Bonchev–Trinajstić information content (AvgIpc) is 2.58. The third-order valence-corrected chi connectivity index (χ3v) is 3.72. The summed E-state index contributed by atoms with van der Waals surface area (Å²) < 4.78 is 11.0. The topological polar surface area (TPSA) is 59.9 Å². The number of ether oxygens (including phenoxy) is 2. The number of carbonyl (C=O) groups excluding carboxylic acids is 1. The van der Waals surface area contributed by atoms with Crippen molar-refractivity contribution in [2.45, 2.75) is 27.7 Å². The van der Waals surface area contributed by atoms with Crippen LogP contribution in [0.5, 0.6) is 11.5 Å². The molecule has 25 heavy (non-hydrogen) atoms. The smallest absolute Gasteiger partial charge is 0.277 e. The Morgan fingerprint density at radius 3 is 2.52 bits per heavy atom. The van der Waals surface area contributed by atoms with E-state index in [1.54, 1.807) is 6.21 Å². The fraction of sp³-hybridized carbons (Fsp3) is 0.300. The number of carbonyl (C=O) groups is 1. The minimum Gasteiger partial charge on any atom is -0.494 e. The lowest BCUT2D eigenvalue weighted by Gasteiger charge is -2.11. The summed E-state index contributed by atoms with van der Waals surface area (Å²) in [6, 6.07) is 11.5. The number of nitrogens with zero attached hydrogens (tertiary/aromatic N) is 1. The molecule has 2 aromatic rings. The van der Waals surface area contributed by atoms with Crippen molar-refractivity contribution in [1.29, 1.82) is 0 Å². The molecular weight excluding hydrogens is 316 g/mol. The first-order valence-electron chi connectivity index (χ1n) is 8.25. The zero-order chi connectivity index (χ0) is 18.2. The van der Waals surface area contributed by atoms with Crippen molar-refractivity contribution in [3.63, 3.8) is 0 Å². The van der Waals surface area contributed by atoms with Gasteiger partial charge in [0.15, 0.2) is 6.61 Å². The molecular formula is C20H24N2O3. The second-order valence-electron chi connectivity index (χ2n) is 5.79. The molecule has 0 atom stereocenters. The highest BCUT2D eigenvalue weighted by Crippen LogP contribution is 2.23. The number of nitrogens with one attached hydrogen (secondary N) is 1. The Hall–Kier alpha value is -2.82. The highest BCUT2D eigenvalue weighted by molar-refractivity contribution is 5.83.